The second-order valence-corrected chi connectivity index (χ2v) is 4.85. The predicted octanol–water partition coefficient (Wildman–Crippen LogP) is 2.07. The number of rotatable bonds is 3. The molecule has 2 N–H and O–H groups in total. The minimum Gasteiger partial charge on any atom is -0.352 e. The van der Waals surface area contributed by atoms with E-state index in [0.29, 0.717) is 16.5 Å². The fourth-order valence-electron chi connectivity index (χ4n) is 2.05. The molecule has 0 aromatic heterocycles. The first kappa shape index (κ1) is 12.4. The molecule has 0 spiro atoms. The fraction of sp³-hybridized carbons (Fsp3) is 0.462. The van der Waals surface area contributed by atoms with E-state index in [1.165, 1.54) is 0 Å². The van der Waals surface area contributed by atoms with Gasteiger partial charge in [-0.1, -0.05) is 17.7 Å². The third-order valence-corrected chi connectivity index (χ3v) is 3.33. The molecule has 17 heavy (non-hydrogen) atoms. The van der Waals surface area contributed by atoms with Gasteiger partial charge >= 0.3 is 0 Å². The Morgan fingerprint density at radius 1 is 1.41 bits per heavy atom. The average molecular weight is 253 g/mol. The highest BCUT2D eigenvalue weighted by Gasteiger charge is 2.14. The summed E-state index contributed by atoms with van der Waals surface area (Å²) in [4.78, 5) is 11.9. The Morgan fingerprint density at radius 2 is 2.18 bits per heavy atom. The van der Waals surface area contributed by atoms with Crippen LogP contribution in [0.4, 0.5) is 0 Å². The van der Waals surface area contributed by atoms with Crippen molar-refractivity contribution >= 4 is 17.5 Å². The number of carbonyl (C=O) groups excluding carboxylic acids is 1. The minimum atomic E-state index is -0.0361. The molecule has 0 aliphatic carbocycles. The molecule has 92 valence electrons. The zero-order chi connectivity index (χ0) is 12.1. The van der Waals surface area contributed by atoms with Crippen molar-refractivity contribution in [2.75, 3.05) is 19.6 Å². The van der Waals surface area contributed by atoms with Gasteiger partial charge in [0.15, 0.2) is 0 Å². The molecule has 1 aromatic carbocycles. The van der Waals surface area contributed by atoms with Gasteiger partial charge in [0.2, 0.25) is 0 Å². The summed E-state index contributed by atoms with van der Waals surface area (Å²) >= 11 is 5.85. The van der Waals surface area contributed by atoms with Gasteiger partial charge in [-0.15, -0.1) is 0 Å². The lowest BCUT2D eigenvalue weighted by Crippen LogP contribution is -2.35. The average Bonchev–Trinajstić information content (AvgIpc) is 2.37. The molecule has 0 unspecified atom stereocenters. The summed E-state index contributed by atoms with van der Waals surface area (Å²) in [5.74, 6) is 0.561. The molecule has 0 radical (unpaired) electrons. The topological polar surface area (TPSA) is 41.1 Å². The Kier molecular flexibility index (Phi) is 4.40. The van der Waals surface area contributed by atoms with Crippen LogP contribution in [0.2, 0.25) is 5.02 Å². The molecule has 1 aliphatic heterocycles. The molecule has 1 heterocycles. The molecular formula is C13H17ClN2O. The van der Waals surface area contributed by atoms with Gasteiger partial charge in [-0.3, -0.25) is 4.79 Å². The van der Waals surface area contributed by atoms with Crippen molar-refractivity contribution < 1.29 is 4.79 Å². The van der Waals surface area contributed by atoms with Crippen molar-refractivity contribution in [3.8, 4) is 0 Å². The van der Waals surface area contributed by atoms with Crippen molar-refractivity contribution in [1.29, 1.82) is 0 Å². The minimum absolute atomic E-state index is 0.0361. The third kappa shape index (κ3) is 3.72. The van der Waals surface area contributed by atoms with Crippen molar-refractivity contribution in [3.05, 3.63) is 34.9 Å². The molecule has 1 aromatic rings. The van der Waals surface area contributed by atoms with Gasteiger partial charge in [-0.05, 0) is 50.0 Å². The summed E-state index contributed by atoms with van der Waals surface area (Å²) in [6.07, 6.45) is 2.27. The lowest BCUT2D eigenvalue weighted by molar-refractivity contribution is 0.0944. The second-order valence-electron chi connectivity index (χ2n) is 4.41. The monoisotopic (exact) mass is 252 g/mol. The number of carbonyl (C=O) groups is 1. The van der Waals surface area contributed by atoms with E-state index in [2.05, 4.69) is 10.6 Å². The molecule has 2 rings (SSSR count). The highest BCUT2D eigenvalue weighted by atomic mass is 35.5. The second kappa shape index (κ2) is 6.03. The maximum Gasteiger partial charge on any atom is 0.251 e. The Balaban J connectivity index is 1.84. The number of piperidine rings is 1. The van der Waals surface area contributed by atoms with Gasteiger partial charge in [0, 0.05) is 17.1 Å². The Labute approximate surface area is 107 Å². The van der Waals surface area contributed by atoms with E-state index in [0.717, 1.165) is 32.5 Å². The van der Waals surface area contributed by atoms with Crippen molar-refractivity contribution in [3.63, 3.8) is 0 Å². The molecule has 1 amide bonds. The molecule has 4 heteroatoms. The number of amides is 1. The maximum absolute atomic E-state index is 11.9. The van der Waals surface area contributed by atoms with Crippen LogP contribution in [0.5, 0.6) is 0 Å². The van der Waals surface area contributed by atoms with E-state index in [1.807, 2.05) is 0 Å². The number of hydrogen-bond donors (Lipinski definition) is 2. The van der Waals surface area contributed by atoms with Gasteiger partial charge in [-0.2, -0.15) is 0 Å². The number of nitrogens with one attached hydrogen (secondary N) is 2. The number of benzene rings is 1. The highest BCUT2D eigenvalue weighted by molar-refractivity contribution is 6.30. The molecule has 1 fully saturated rings. The molecular weight excluding hydrogens is 236 g/mol. The van der Waals surface area contributed by atoms with Crippen molar-refractivity contribution in [2.45, 2.75) is 12.8 Å². The summed E-state index contributed by atoms with van der Waals surface area (Å²) < 4.78 is 0. The van der Waals surface area contributed by atoms with E-state index < -0.39 is 0 Å². The molecule has 1 aliphatic rings. The molecule has 0 atom stereocenters. The standard InChI is InChI=1S/C13H17ClN2O/c14-12-3-1-2-11(8-12)13(17)16-9-10-4-6-15-7-5-10/h1-3,8,10,15H,4-7,9H2,(H,16,17). The fourth-order valence-corrected chi connectivity index (χ4v) is 2.24. The van der Waals surface area contributed by atoms with Crippen LogP contribution in [-0.2, 0) is 0 Å². The first-order valence-corrected chi connectivity index (χ1v) is 6.38. The van der Waals surface area contributed by atoms with E-state index in [9.17, 15) is 4.79 Å². The Bertz CT molecular complexity index is 389. The summed E-state index contributed by atoms with van der Waals surface area (Å²) in [7, 11) is 0. The van der Waals surface area contributed by atoms with E-state index >= 15 is 0 Å². The van der Waals surface area contributed by atoms with Crippen LogP contribution in [0.3, 0.4) is 0 Å². The van der Waals surface area contributed by atoms with E-state index in [-0.39, 0.29) is 5.91 Å². The largest absolute Gasteiger partial charge is 0.352 e. The van der Waals surface area contributed by atoms with Gasteiger partial charge < -0.3 is 10.6 Å². The van der Waals surface area contributed by atoms with Crippen LogP contribution >= 0.6 is 11.6 Å². The van der Waals surface area contributed by atoms with Crippen LogP contribution in [0.15, 0.2) is 24.3 Å². The smallest absolute Gasteiger partial charge is 0.251 e. The quantitative estimate of drug-likeness (QED) is 0.865. The summed E-state index contributed by atoms with van der Waals surface area (Å²) in [5.41, 5.74) is 0.631. The van der Waals surface area contributed by atoms with Crippen molar-refractivity contribution in [2.24, 2.45) is 5.92 Å². The number of hydrogen-bond acceptors (Lipinski definition) is 2. The summed E-state index contributed by atoms with van der Waals surface area (Å²) in [5, 5.41) is 6.88. The normalized spacial score (nSPS) is 16.8. The Morgan fingerprint density at radius 3 is 2.88 bits per heavy atom. The van der Waals surface area contributed by atoms with Crippen LogP contribution in [0.25, 0.3) is 0 Å². The third-order valence-electron chi connectivity index (χ3n) is 3.10. The lowest BCUT2D eigenvalue weighted by Gasteiger charge is -2.22. The summed E-state index contributed by atoms with van der Waals surface area (Å²) in [6.45, 7) is 2.86. The first-order chi connectivity index (χ1) is 8.25. The van der Waals surface area contributed by atoms with Crippen LogP contribution in [0.1, 0.15) is 23.2 Å². The van der Waals surface area contributed by atoms with Gasteiger partial charge in [0.1, 0.15) is 0 Å². The van der Waals surface area contributed by atoms with Gasteiger partial charge in [0.25, 0.3) is 5.91 Å². The maximum atomic E-state index is 11.9. The molecule has 0 bridgehead atoms. The van der Waals surface area contributed by atoms with Crippen LogP contribution in [0, 0.1) is 5.92 Å². The zero-order valence-electron chi connectivity index (χ0n) is 9.71. The number of halogens is 1. The highest BCUT2D eigenvalue weighted by Crippen LogP contribution is 2.12. The van der Waals surface area contributed by atoms with Gasteiger partial charge in [-0.25, -0.2) is 0 Å². The predicted molar refractivity (Wildman–Crippen MR) is 69.4 cm³/mol. The van der Waals surface area contributed by atoms with Crippen LogP contribution < -0.4 is 10.6 Å². The lowest BCUT2D eigenvalue weighted by atomic mass is 9.98. The molecule has 3 nitrogen and oxygen atoms in total. The molecule has 0 saturated carbocycles. The zero-order valence-corrected chi connectivity index (χ0v) is 10.5. The SMILES string of the molecule is O=C(NCC1CCNCC1)c1cccc(Cl)c1. The van der Waals surface area contributed by atoms with Crippen LogP contribution in [-0.4, -0.2) is 25.5 Å². The van der Waals surface area contributed by atoms with E-state index in [1.54, 1.807) is 24.3 Å². The Hall–Kier alpha value is -1.06. The molecule has 1 saturated heterocycles. The van der Waals surface area contributed by atoms with E-state index in [4.69, 9.17) is 11.6 Å². The van der Waals surface area contributed by atoms with Gasteiger partial charge in [0.05, 0.1) is 0 Å². The summed E-state index contributed by atoms with van der Waals surface area (Å²) in [6, 6.07) is 7.04. The first-order valence-electron chi connectivity index (χ1n) is 6.00. The van der Waals surface area contributed by atoms with Crippen molar-refractivity contribution in [1.82, 2.24) is 10.6 Å².